The highest BCUT2D eigenvalue weighted by molar-refractivity contribution is 5.57. The molecule has 0 aliphatic heterocycles. The summed E-state index contributed by atoms with van der Waals surface area (Å²) in [6.07, 6.45) is -0.977. The summed E-state index contributed by atoms with van der Waals surface area (Å²) >= 11 is 0. The molecule has 0 aliphatic carbocycles. The van der Waals surface area contributed by atoms with E-state index >= 15 is 0 Å². The maximum Gasteiger partial charge on any atom is 0.433 e. The van der Waals surface area contributed by atoms with E-state index in [4.69, 9.17) is 0 Å². The van der Waals surface area contributed by atoms with Gasteiger partial charge in [-0.15, -0.1) is 0 Å². The first kappa shape index (κ1) is 17.1. The number of hydrogen-bond acceptors (Lipinski definition) is 5. The predicted octanol–water partition coefficient (Wildman–Crippen LogP) is 3.13. The Morgan fingerprint density at radius 3 is 2.52 bits per heavy atom. The van der Waals surface area contributed by atoms with E-state index in [-0.39, 0.29) is 18.2 Å². The number of aliphatic hydroxyl groups is 1. The first-order chi connectivity index (χ1) is 10.9. The third-order valence-electron chi connectivity index (χ3n) is 3.10. The smallest absolute Gasteiger partial charge is 0.391 e. The molecule has 0 aromatic carbocycles. The molecule has 0 saturated heterocycles. The lowest BCUT2D eigenvalue weighted by Crippen LogP contribution is -2.20. The Balaban J connectivity index is 2.31. The molecule has 0 bridgehead atoms. The van der Waals surface area contributed by atoms with Gasteiger partial charge in [0.2, 0.25) is 0 Å². The van der Waals surface area contributed by atoms with Crippen LogP contribution in [0.25, 0.3) is 11.4 Å². The van der Waals surface area contributed by atoms with Crippen LogP contribution >= 0.6 is 0 Å². The van der Waals surface area contributed by atoms with Gasteiger partial charge in [-0.05, 0) is 18.6 Å². The van der Waals surface area contributed by atoms with Crippen LogP contribution in [0.5, 0.6) is 0 Å². The Kier molecular flexibility index (Phi) is 5.49. The van der Waals surface area contributed by atoms with Crippen molar-refractivity contribution in [2.24, 2.45) is 0 Å². The molecule has 2 heterocycles. The fourth-order valence-corrected chi connectivity index (χ4v) is 1.97. The van der Waals surface area contributed by atoms with Crippen molar-refractivity contribution in [2.45, 2.75) is 32.0 Å². The topological polar surface area (TPSA) is 70.9 Å². The second kappa shape index (κ2) is 7.36. The van der Waals surface area contributed by atoms with Crippen molar-refractivity contribution >= 4 is 5.82 Å². The zero-order chi connectivity index (χ0) is 16.9. The van der Waals surface area contributed by atoms with Gasteiger partial charge in [-0.2, -0.15) is 13.2 Å². The van der Waals surface area contributed by atoms with Crippen molar-refractivity contribution in [1.29, 1.82) is 0 Å². The number of aromatic nitrogens is 3. The molecule has 0 amide bonds. The van der Waals surface area contributed by atoms with E-state index in [2.05, 4.69) is 20.3 Å². The highest BCUT2D eigenvalue weighted by atomic mass is 19.4. The number of alkyl halides is 3. The minimum absolute atomic E-state index is 0.0225. The molecule has 23 heavy (non-hydrogen) atoms. The second-order valence-corrected chi connectivity index (χ2v) is 5.02. The fourth-order valence-electron chi connectivity index (χ4n) is 1.97. The molecule has 1 unspecified atom stereocenters. The minimum atomic E-state index is -4.58. The van der Waals surface area contributed by atoms with Crippen LogP contribution in [0.2, 0.25) is 0 Å². The Bertz CT molecular complexity index is 634. The quantitative estimate of drug-likeness (QED) is 0.853. The summed E-state index contributed by atoms with van der Waals surface area (Å²) in [7, 11) is 0. The number of pyridine rings is 1. The van der Waals surface area contributed by atoms with E-state index in [9.17, 15) is 18.3 Å². The number of anilines is 1. The summed E-state index contributed by atoms with van der Waals surface area (Å²) in [5, 5.41) is 12.4. The van der Waals surface area contributed by atoms with Crippen LogP contribution in [0.15, 0.2) is 30.6 Å². The number of aliphatic hydroxyl groups excluding tert-OH is 1. The molecule has 2 N–H and O–H groups in total. The number of nitrogens with zero attached hydrogens (tertiary/aromatic N) is 3. The van der Waals surface area contributed by atoms with Gasteiger partial charge in [0.25, 0.3) is 0 Å². The zero-order valence-electron chi connectivity index (χ0n) is 12.5. The summed E-state index contributed by atoms with van der Waals surface area (Å²) in [6.45, 7) is 2.04. The highest BCUT2D eigenvalue weighted by Gasteiger charge is 2.33. The van der Waals surface area contributed by atoms with Crippen molar-refractivity contribution in [1.82, 2.24) is 15.0 Å². The van der Waals surface area contributed by atoms with E-state index in [0.717, 1.165) is 12.5 Å². The van der Waals surface area contributed by atoms with E-state index < -0.39 is 18.0 Å². The maximum absolute atomic E-state index is 13.0. The van der Waals surface area contributed by atoms with Gasteiger partial charge in [0.15, 0.2) is 11.5 Å². The molecule has 2 aromatic heterocycles. The lowest BCUT2D eigenvalue weighted by Gasteiger charge is -2.14. The summed E-state index contributed by atoms with van der Waals surface area (Å²) in [5.41, 5.74) is -0.602. The molecule has 0 saturated carbocycles. The molecule has 1 atom stereocenters. The van der Waals surface area contributed by atoms with Gasteiger partial charge in [-0.25, -0.2) is 9.97 Å². The molecule has 5 nitrogen and oxygen atoms in total. The van der Waals surface area contributed by atoms with Crippen molar-refractivity contribution in [3.05, 3.63) is 36.3 Å². The monoisotopic (exact) mass is 326 g/mol. The normalized spacial score (nSPS) is 12.9. The largest absolute Gasteiger partial charge is 0.433 e. The number of rotatable bonds is 6. The molecule has 0 radical (unpaired) electrons. The van der Waals surface area contributed by atoms with E-state index in [0.29, 0.717) is 12.0 Å². The van der Waals surface area contributed by atoms with Gasteiger partial charge in [-0.3, -0.25) is 4.98 Å². The van der Waals surface area contributed by atoms with Gasteiger partial charge in [0.1, 0.15) is 5.82 Å². The summed E-state index contributed by atoms with van der Waals surface area (Å²) in [5.74, 6) is -0.0241. The Morgan fingerprint density at radius 2 is 1.91 bits per heavy atom. The Morgan fingerprint density at radius 1 is 1.22 bits per heavy atom. The lowest BCUT2D eigenvalue weighted by atomic mass is 10.2. The summed E-state index contributed by atoms with van der Waals surface area (Å²) < 4.78 is 39.0. The van der Waals surface area contributed by atoms with Crippen LogP contribution in [0.3, 0.4) is 0 Å². The van der Waals surface area contributed by atoms with Gasteiger partial charge < -0.3 is 10.4 Å². The summed E-state index contributed by atoms with van der Waals surface area (Å²) in [6, 6.07) is 3.90. The lowest BCUT2D eigenvalue weighted by molar-refractivity contribution is -0.141. The maximum atomic E-state index is 13.0. The number of halogens is 3. The van der Waals surface area contributed by atoms with Crippen molar-refractivity contribution in [3.63, 3.8) is 0 Å². The third kappa shape index (κ3) is 4.88. The van der Waals surface area contributed by atoms with Crippen LogP contribution in [0.1, 0.15) is 25.5 Å². The molecule has 0 fully saturated rings. The van der Waals surface area contributed by atoms with E-state index in [1.807, 2.05) is 6.92 Å². The van der Waals surface area contributed by atoms with Crippen molar-refractivity contribution in [2.75, 3.05) is 11.9 Å². The Hall–Kier alpha value is -2.22. The van der Waals surface area contributed by atoms with E-state index in [1.54, 1.807) is 0 Å². The summed E-state index contributed by atoms with van der Waals surface area (Å²) in [4.78, 5) is 11.5. The third-order valence-corrected chi connectivity index (χ3v) is 3.10. The van der Waals surface area contributed by atoms with Crippen LogP contribution in [-0.4, -0.2) is 32.7 Å². The molecule has 8 heteroatoms. The minimum Gasteiger partial charge on any atom is -0.391 e. The Labute approximate surface area is 131 Å². The molecule has 124 valence electrons. The molecular weight excluding hydrogens is 309 g/mol. The van der Waals surface area contributed by atoms with Gasteiger partial charge >= 0.3 is 6.18 Å². The zero-order valence-corrected chi connectivity index (χ0v) is 12.5. The second-order valence-electron chi connectivity index (χ2n) is 5.02. The fraction of sp³-hybridized carbons (Fsp3) is 0.400. The van der Waals surface area contributed by atoms with Crippen molar-refractivity contribution in [3.8, 4) is 11.4 Å². The van der Waals surface area contributed by atoms with Crippen LogP contribution in [0, 0.1) is 0 Å². The first-order valence-corrected chi connectivity index (χ1v) is 7.18. The SMILES string of the molecule is CCCC(O)CNc1cc(C(F)(F)F)nc(-c2ccncc2)n1. The average Bonchev–Trinajstić information content (AvgIpc) is 2.53. The standard InChI is InChI=1S/C15H17F3N4O/c1-2-3-11(23)9-20-13-8-12(15(16,17)18)21-14(22-13)10-4-6-19-7-5-10/h4-8,11,23H,2-3,9H2,1H3,(H,20,21,22). The average molecular weight is 326 g/mol. The van der Waals surface area contributed by atoms with Crippen molar-refractivity contribution < 1.29 is 18.3 Å². The molecule has 2 rings (SSSR count). The first-order valence-electron chi connectivity index (χ1n) is 7.18. The number of hydrogen-bond donors (Lipinski definition) is 2. The van der Waals surface area contributed by atoms with Crippen LogP contribution in [0.4, 0.5) is 19.0 Å². The molecular formula is C15H17F3N4O. The molecule has 2 aromatic rings. The van der Waals surface area contributed by atoms with E-state index in [1.165, 1.54) is 24.5 Å². The highest BCUT2D eigenvalue weighted by Crippen LogP contribution is 2.30. The number of nitrogens with one attached hydrogen (secondary N) is 1. The molecule has 0 spiro atoms. The van der Waals surface area contributed by atoms with Crippen LogP contribution < -0.4 is 5.32 Å². The molecule has 0 aliphatic rings. The van der Waals surface area contributed by atoms with Gasteiger partial charge in [0, 0.05) is 30.6 Å². The van der Waals surface area contributed by atoms with Gasteiger partial charge in [-0.1, -0.05) is 13.3 Å². The van der Waals surface area contributed by atoms with Gasteiger partial charge in [0.05, 0.1) is 6.10 Å². The van der Waals surface area contributed by atoms with Crippen LogP contribution in [-0.2, 0) is 6.18 Å². The predicted molar refractivity (Wildman–Crippen MR) is 79.7 cm³/mol.